The van der Waals surface area contributed by atoms with Crippen LogP contribution < -0.4 is 14.8 Å². The molecule has 1 atom stereocenters. The highest BCUT2D eigenvalue weighted by Gasteiger charge is 2.38. The number of amides is 1. The van der Waals surface area contributed by atoms with Gasteiger partial charge in [-0.15, -0.1) is 10.2 Å². The van der Waals surface area contributed by atoms with Gasteiger partial charge in [-0.05, 0) is 49.1 Å². The lowest BCUT2D eigenvalue weighted by Gasteiger charge is -2.22. The first kappa shape index (κ1) is 22.8. The first-order valence-corrected chi connectivity index (χ1v) is 13.4. The highest BCUT2D eigenvalue weighted by molar-refractivity contribution is 7.89. The molecule has 0 bridgehead atoms. The Morgan fingerprint density at radius 3 is 2.74 bits per heavy atom. The molecule has 1 saturated heterocycles. The summed E-state index contributed by atoms with van der Waals surface area (Å²) in [4.78, 5) is 13.0. The minimum atomic E-state index is -3.69. The van der Waals surface area contributed by atoms with Crippen LogP contribution in [-0.4, -0.2) is 42.2 Å². The fraction of sp³-hybridized carbons (Fsp3) is 0.348. The number of nitrogens with one attached hydrogen (secondary N) is 1. The van der Waals surface area contributed by atoms with Crippen molar-refractivity contribution in [1.29, 1.82) is 0 Å². The maximum atomic E-state index is 13.3. The van der Waals surface area contributed by atoms with E-state index in [0.717, 1.165) is 36.2 Å². The predicted octanol–water partition coefficient (Wildman–Crippen LogP) is 4.00. The summed E-state index contributed by atoms with van der Waals surface area (Å²) >= 11 is 1.11. The molecule has 34 heavy (non-hydrogen) atoms. The van der Waals surface area contributed by atoms with E-state index in [9.17, 15) is 13.2 Å². The molecule has 2 aromatic carbocycles. The number of anilines is 1. The lowest BCUT2D eigenvalue weighted by Crippen LogP contribution is -2.30. The summed E-state index contributed by atoms with van der Waals surface area (Å²) in [5, 5.41) is 11.7. The minimum Gasteiger partial charge on any atom is -0.454 e. The number of sulfonamides is 1. The molecule has 3 aromatic rings. The van der Waals surface area contributed by atoms with Crippen molar-refractivity contribution in [2.75, 3.05) is 18.7 Å². The Morgan fingerprint density at radius 2 is 1.94 bits per heavy atom. The summed E-state index contributed by atoms with van der Waals surface area (Å²) in [6.45, 7) is 2.64. The van der Waals surface area contributed by atoms with Crippen molar-refractivity contribution in [3.05, 3.63) is 58.0 Å². The molecule has 0 spiro atoms. The molecular weight excluding hydrogens is 476 g/mol. The van der Waals surface area contributed by atoms with E-state index >= 15 is 0 Å². The number of carbonyl (C=O) groups is 1. The molecule has 0 unspecified atom stereocenters. The number of hydrogen-bond donors (Lipinski definition) is 1. The number of ether oxygens (including phenoxy) is 2. The highest BCUT2D eigenvalue weighted by Crippen LogP contribution is 2.38. The molecule has 178 valence electrons. The minimum absolute atomic E-state index is 0.149. The number of benzene rings is 2. The molecule has 1 amide bonds. The molecule has 1 N–H and O–H groups in total. The smallest absolute Gasteiger partial charge is 0.286 e. The number of aromatic nitrogens is 2. The SMILES string of the molecule is CCCc1ccc(S(=O)(=O)N2CCC[C@@H]2c2nnc(C(=O)Nc3ccc4c(c3)OCO4)s2)cc1. The maximum Gasteiger partial charge on any atom is 0.286 e. The van der Waals surface area contributed by atoms with Crippen LogP contribution in [0.15, 0.2) is 47.4 Å². The van der Waals surface area contributed by atoms with Gasteiger partial charge in [-0.3, -0.25) is 4.79 Å². The van der Waals surface area contributed by atoms with Gasteiger partial charge >= 0.3 is 0 Å². The van der Waals surface area contributed by atoms with Crippen molar-refractivity contribution in [2.45, 2.75) is 43.5 Å². The van der Waals surface area contributed by atoms with Crippen molar-refractivity contribution >= 4 is 33.0 Å². The summed E-state index contributed by atoms with van der Waals surface area (Å²) in [6, 6.07) is 11.7. The molecule has 3 heterocycles. The van der Waals surface area contributed by atoms with Gasteiger partial charge in [0.1, 0.15) is 5.01 Å². The molecule has 9 nitrogen and oxygen atoms in total. The number of nitrogens with zero attached hydrogens (tertiary/aromatic N) is 3. The van der Waals surface area contributed by atoms with Gasteiger partial charge < -0.3 is 14.8 Å². The summed E-state index contributed by atoms with van der Waals surface area (Å²) in [6.07, 6.45) is 3.26. The van der Waals surface area contributed by atoms with E-state index in [1.54, 1.807) is 30.3 Å². The average molecular weight is 501 g/mol. The van der Waals surface area contributed by atoms with E-state index < -0.39 is 22.0 Å². The highest BCUT2D eigenvalue weighted by atomic mass is 32.2. The average Bonchev–Trinajstić information content (AvgIpc) is 3.59. The fourth-order valence-corrected chi connectivity index (χ4v) is 6.76. The zero-order chi connectivity index (χ0) is 23.7. The lowest BCUT2D eigenvalue weighted by molar-refractivity contribution is 0.102. The van der Waals surface area contributed by atoms with Crippen LogP contribution in [0.4, 0.5) is 5.69 Å². The quantitative estimate of drug-likeness (QED) is 0.522. The Hall–Kier alpha value is -3.02. The Labute approximate surface area is 201 Å². The third-order valence-corrected chi connectivity index (χ3v) is 8.77. The number of fused-ring (bicyclic) bond motifs is 1. The zero-order valence-corrected chi connectivity index (χ0v) is 20.2. The molecule has 11 heteroatoms. The topological polar surface area (TPSA) is 111 Å². The van der Waals surface area contributed by atoms with Crippen molar-refractivity contribution in [2.24, 2.45) is 0 Å². The second kappa shape index (κ2) is 9.32. The largest absolute Gasteiger partial charge is 0.454 e. The third-order valence-electron chi connectivity index (χ3n) is 5.82. The normalized spacial score (nSPS) is 17.7. The van der Waals surface area contributed by atoms with Crippen molar-refractivity contribution in [3.63, 3.8) is 0 Å². The Morgan fingerprint density at radius 1 is 1.15 bits per heavy atom. The van der Waals surface area contributed by atoms with Crippen molar-refractivity contribution < 1.29 is 22.7 Å². The third kappa shape index (κ3) is 4.38. The molecule has 5 rings (SSSR count). The van der Waals surface area contributed by atoms with Crippen molar-refractivity contribution in [1.82, 2.24) is 14.5 Å². The number of carbonyl (C=O) groups excluding carboxylic acids is 1. The standard InChI is InChI=1S/C23H24N4O5S2/c1-2-4-15-6-9-17(10-7-15)34(29,30)27-12-3-5-18(27)22-25-26-23(33-22)21(28)24-16-8-11-19-20(13-16)32-14-31-19/h6-11,13,18H,2-5,12,14H2,1H3,(H,24,28)/t18-/m1/s1. The maximum absolute atomic E-state index is 13.3. The van der Waals surface area contributed by atoms with Gasteiger partial charge in [-0.2, -0.15) is 4.31 Å². The van der Waals surface area contributed by atoms with Gasteiger partial charge in [-0.1, -0.05) is 36.8 Å². The monoisotopic (exact) mass is 500 g/mol. The van der Waals surface area contributed by atoms with Gasteiger partial charge in [0, 0.05) is 18.3 Å². The van der Waals surface area contributed by atoms with Gasteiger partial charge in [0.25, 0.3) is 5.91 Å². The van der Waals surface area contributed by atoms with Crippen LogP contribution in [0.3, 0.4) is 0 Å². The van der Waals surface area contributed by atoms with E-state index in [-0.39, 0.29) is 16.7 Å². The second-order valence-corrected chi connectivity index (χ2v) is 11.0. The van der Waals surface area contributed by atoms with Crippen molar-refractivity contribution in [3.8, 4) is 11.5 Å². The van der Waals surface area contributed by atoms with E-state index in [1.807, 2.05) is 12.1 Å². The van der Waals surface area contributed by atoms with Gasteiger partial charge in [-0.25, -0.2) is 8.42 Å². The number of hydrogen-bond acceptors (Lipinski definition) is 8. The van der Waals surface area contributed by atoms with Crippen LogP contribution >= 0.6 is 11.3 Å². The molecule has 0 saturated carbocycles. The van der Waals surface area contributed by atoms with Crippen LogP contribution in [0.25, 0.3) is 0 Å². The summed E-state index contributed by atoms with van der Waals surface area (Å²) in [5.41, 5.74) is 1.66. The predicted molar refractivity (Wildman–Crippen MR) is 127 cm³/mol. The fourth-order valence-electron chi connectivity index (χ4n) is 4.15. The van der Waals surface area contributed by atoms with E-state index in [2.05, 4.69) is 22.4 Å². The molecule has 1 aromatic heterocycles. The molecule has 2 aliphatic rings. The molecule has 0 radical (unpaired) electrons. The molecule has 1 fully saturated rings. The molecule has 2 aliphatic heterocycles. The first-order valence-electron chi connectivity index (χ1n) is 11.1. The van der Waals surface area contributed by atoms with Gasteiger partial charge in [0.15, 0.2) is 11.5 Å². The van der Waals surface area contributed by atoms with E-state index in [1.165, 1.54) is 4.31 Å². The van der Waals surface area contributed by atoms with Crippen LogP contribution in [0.5, 0.6) is 11.5 Å². The van der Waals surface area contributed by atoms with Crippen LogP contribution in [0.1, 0.15) is 52.6 Å². The molecular formula is C23H24N4O5S2. The van der Waals surface area contributed by atoms with Crippen LogP contribution in [-0.2, 0) is 16.4 Å². The Kier molecular flexibility index (Phi) is 6.24. The second-order valence-electron chi connectivity index (χ2n) is 8.14. The first-order chi connectivity index (χ1) is 16.5. The molecule has 0 aliphatic carbocycles. The number of aryl methyl sites for hydroxylation is 1. The lowest BCUT2D eigenvalue weighted by atomic mass is 10.1. The zero-order valence-electron chi connectivity index (χ0n) is 18.6. The summed E-state index contributed by atoms with van der Waals surface area (Å²) < 4.78 is 38.8. The van der Waals surface area contributed by atoms with Gasteiger partial charge in [0.2, 0.25) is 21.8 Å². The Balaban J connectivity index is 1.32. The summed E-state index contributed by atoms with van der Waals surface area (Å²) in [5.74, 6) is 0.769. The Bertz CT molecular complexity index is 1310. The number of rotatable bonds is 7. The van der Waals surface area contributed by atoms with Crippen LogP contribution in [0, 0.1) is 0 Å². The van der Waals surface area contributed by atoms with Crippen LogP contribution in [0.2, 0.25) is 0 Å². The summed E-state index contributed by atoms with van der Waals surface area (Å²) in [7, 11) is -3.69. The van der Waals surface area contributed by atoms with E-state index in [4.69, 9.17) is 9.47 Å². The van der Waals surface area contributed by atoms with Gasteiger partial charge in [0.05, 0.1) is 10.9 Å². The van der Waals surface area contributed by atoms with E-state index in [0.29, 0.717) is 35.2 Å².